The van der Waals surface area contributed by atoms with E-state index in [1.54, 1.807) is 0 Å². The lowest BCUT2D eigenvalue weighted by Gasteiger charge is -2.30. The fraction of sp³-hybridized carbons (Fsp3) is 0.200. The third-order valence-electron chi connectivity index (χ3n) is 4.57. The second-order valence-corrected chi connectivity index (χ2v) is 10.9. The Morgan fingerprint density at radius 3 is 2.36 bits per heavy atom. The molecule has 0 heterocycles. The Bertz CT molecular complexity index is 759. The first kappa shape index (κ1) is 15.3. The lowest BCUT2D eigenvalue weighted by Crippen LogP contribution is -2.56. The molecule has 3 rings (SSSR count). The van der Waals surface area contributed by atoms with Crippen molar-refractivity contribution in [1.82, 2.24) is 0 Å². The number of halogens is 1. The maximum Gasteiger partial charge on any atom is 0.244 e. The van der Waals surface area contributed by atoms with E-state index >= 15 is 0 Å². The van der Waals surface area contributed by atoms with Crippen molar-refractivity contribution in [1.29, 1.82) is 0 Å². The first-order valence-corrected chi connectivity index (χ1v) is 10.7. The van der Waals surface area contributed by atoms with Gasteiger partial charge in [0.1, 0.15) is 0 Å². The average molecular weight is 325 g/mol. The van der Waals surface area contributed by atoms with E-state index < -0.39 is 7.38 Å². The van der Waals surface area contributed by atoms with Crippen LogP contribution in [0.25, 0.3) is 0 Å². The fourth-order valence-corrected chi connectivity index (χ4v) is 8.21. The predicted octanol–water partition coefficient (Wildman–Crippen LogP) is 4.34. The van der Waals surface area contributed by atoms with Gasteiger partial charge < -0.3 is 0 Å². The highest BCUT2D eigenvalue weighted by atomic mass is 35.6. The highest BCUT2D eigenvalue weighted by Gasteiger charge is 2.41. The smallest absolute Gasteiger partial charge is 0.149 e. The second-order valence-electron chi connectivity index (χ2n) is 6.10. The third kappa shape index (κ3) is 2.49. The Labute approximate surface area is 138 Å². The Morgan fingerprint density at radius 1 is 1.00 bits per heavy atom. The van der Waals surface area contributed by atoms with E-state index in [0.717, 1.165) is 6.42 Å². The molecule has 1 aliphatic carbocycles. The van der Waals surface area contributed by atoms with E-state index in [0.29, 0.717) is 0 Å². The molecule has 0 saturated heterocycles. The van der Waals surface area contributed by atoms with Crippen molar-refractivity contribution in [3.63, 3.8) is 0 Å². The molecule has 1 atom stereocenters. The molecule has 0 saturated carbocycles. The van der Waals surface area contributed by atoms with E-state index in [1.807, 2.05) is 0 Å². The molecular formula is C20H21ClSi. The number of allylic oxidation sites excluding steroid dienone is 4. The van der Waals surface area contributed by atoms with E-state index in [2.05, 4.69) is 81.5 Å². The number of aryl methyl sites for hydroxylation is 2. The summed E-state index contributed by atoms with van der Waals surface area (Å²) in [5, 5.41) is 4.00. The molecule has 0 fully saturated rings. The summed E-state index contributed by atoms with van der Waals surface area (Å²) in [6.45, 7) is 6.55. The molecule has 0 nitrogen and oxygen atoms in total. The Morgan fingerprint density at radius 2 is 1.73 bits per heavy atom. The first-order chi connectivity index (χ1) is 10.5. The maximum atomic E-state index is 7.48. The normalized spacial score (nSPS) is 16.5. The molecule has 1 aliphatic rings. The van der Waals surface area contributed by atoms with Crippen LogP contribution in [-0.2, 0) is 0 Å². The van der Waals surface area contributed by atoms with Crippen molar-refractivity contribution in [3.8, 4) is 0 Å². The zero-order valence-electron chi connectivity index (χ0n) is 13.4. The van der Waals surface area contributed by atoms with Gasteiger partial charge in [0.15, 0.2) is 0 Å². The molecule has 0 bridgehead atoms. The number of benzene rings is 2. The van der Waals surface area contributed by atoms with Gasteiger partial charge in [0, 0.05) is 0 Å². The fourth-order valence-electron chi connectivity index (χ4n) is 3.28. The predicted molar refractivity (Wildman–Crippen MR) is 99.8 cm³/mol. The summed E-state index contributed by atoms with van der Waals surface area (Å²) < 4.78 is 0. The summed E-state index contributed by atoms with van der Waals surface area (Å²) in [6, 6.07) is 15.2. The minimum Gasteiger partial charge on any atom is -0.149 e. The molecule has 0 spiro atoms. The largest absolute Gasteiger partial charge is 0.244 e. The molecule has 0 aliphatic heterocycles. The van der Waals surface area contributed by atoms with Crippen LogP contribution in [-0.4, -0.2) is 7.38 Å². The van der Waals surface area contributed by atoms with Crippen LogP contribution in [0, 0.1) is 20.8 Å². The molecule has 112 valence electrons. The molecule has 2 heteroatoms. The van der Waals surface area contributed by atoms with E-state index in [4.69, 9.17) is 11.1 Å². The Hall–Kier alpha value is -1.57. The molecule has 0 radical (unpaired) electrons. The van der Waals surface area contributed by atoms with Gasteiger partial charge in [-0.3, -0.25) is 0 Å². The second kappa shape index (κ2) is 5.90. The zero-order chi connectivity index (χ0) is 15.7. The summed E-state index contributed by atoms with van der Waals surface area (Å²) in [7, 11) is -2.41. The van der Waals surface area contributed by atoms with Crippen molar-refractivity contribution in [3.05, 3.63) is 82.6 Å². The first-order valence-electron chi connectivity index (χ1n) is 7.72. The number of rotatable bonds is 3. The molecule has 2 aromatic rings. The van der Waals surface area contributed by atoms with Gasteiger partial charge in [0.25, 0.3) is 0 Å². The van der Waals surface area contributed by atoms with Crippen LogP contribution in [0.3, 0.4) is 0 Å². The van der Waals surface area contributed by atoms with Gasteiger partial charge in [-0.1, -0.05) is 71.5 Å². The van der Waals surface area contributed by atoms with Gasteiger partial charge in [-0.05, 0) is 48.7 Å². The quantitative estimate of drug-likeness (QED) is 0.582. The molecule has 0 N–H and O–H groups in total. The summed E-state index contributed by atoms with van der Waals surface area (Å²) in [6.07, 6.45) is 7.54. The summed E-state index contributed by atoms with van der Waals surface area (Å²) >= 11 is 7.48. The van der Waals surface area contributed by atoms with E-state index in [9.17, 15) is 0 Å². The van der Waals surface area contributed by atoms with Gasteiger partial charge in [-0.15, -0.1) is 11.1 Å². The van der Waals surface area contributed by atoms with Gasteiger partial charge in [-0.2, -0.15) is 0 Å². The van der Waals surface area contributed by atoms with Gasteiger partial charge in [-0.25, -0.2) is 0 Å². The number of hydrogen-bond acceptors (Lipinski definition) is 0. The van der Waals surface area contributed by atoms with Crippen LogP contribution in [0.4, 0.5) is 0 Å². The lowest BCUT2D eigenvalue weighted by atomic mass is 10.1. The Kier molecular flexibility index (Phi) is 4.11. The van der Waals surface area contributed by atoms with Crippen LogP contribution < -0.4 is 10.4 Å². The van der Waals surface area contributed by atoms with Gasteiger partial charge in [0.2, 0.25) is 7.38 Å². The summed E-state index contributed by atoms with van der Waals surface area (Å²) in [5.74, 6) is 0. The third-order valence-corrected chi connectivity index (χ3v) is 10.2. The van der Waals surface area contributed by atoms with Gasteiger partial charge in [0.05, 0.1) is 0 Å². The number of hydrogen-bond donors (Lipinski definition) is 0. The molecule has 22 heavy (non-hydrogen) atoms. The van der Waals surface area contributed by atoms with Crippen molar-refractivity contribution in [2.45, 2.75) is 27.2 Å². The van der Waals surface area contributed by atoms with Crippen molar-refractivity contribution < 1.29 is 0 Å². The monoisotopic (exact) mass is 324 g/mol. The van der Waals surface area contributed by atoms with Crippen molar-refractivity contribution in [2.75, 3.05) is 0 Å². The standard InChI is InChI=1S/C20H21ClSi/c1-15-13-16(2)17(3)20(14-15)22(21,19-11-7-8-12-19)18-9-5-4-6-10-18/h4-11,13-14H,12H2,1-3H3. The van der Waals surface area contributed by atoms with E-state index in [-0.39, 0.29) is 0 Å². The van der Waals surface area contributed by atoms with Crippen LogP contribution in [0.5, 0.6) is 0 Å². The lowest BCUT2D eigenvalue weighted by molar-refractivity contribution is 1.31. The average Bonchev–Trinajstić information content (AvgIpc) is 3.06. The van der Waals surface area contributed by atoms with Crippen LogP contribution in [0.1, 0.15) is 23.1 Å². The summed E-state index contributed by atoms with van der Waals surface area (Å²) in [4.78, 5) is 0. The molecular weight excluding hydrogens is 304 g/mol. The topological polar surface area (TPSA) is 0 Å². The minimum atomic E-state index is -2.41. The zero-order valence-corrected chi connectivity index (χ0v) is 15.1. The van der Waals surface area contributed by atoms with Crippen molar-refractivity contribution in [2.24, 2.45) is 0 Å². The van der Waals surface area contributed by atoms with Crippen LogP contribution in [0.15, 0.2) is 65.9 Å². The van der Waals surface area contributed by atoms with Crippen molar-refractivity contribution >= 4 is 28.8 Å². The van der Waals surface area contributed by atoms with Gasteiger partial charge >= 0.3 is 0 Å². The highest BCUT2D eigenvalue weighted by molar-refractivity contribution is 7.37. The SMILES string of the molecule is Cc1cc(C)c(C)c([Si](Cl)(C2=CC=CC2)c2ccccc2)c1. The van der Waals surface area contributed by atoms with Crippen LogP contribution >= 0.6 is 11.1 Å². The van der Waals surface area contributed by atoms with Crippen LogP contribution in [0.2, 0.25) is 0 Å². The van der Waals surface area contributed by atoms with E-state index in [1.165, 1.54) is 32.3 Å². The maximum absolute atomic E-state index is 7.48. The molecule has 2 aromatic carbocycles. The molecule has 0 aromatic heterocycles. The minimum absolute atomic E-state index is 0.969. The highest BCUT2D eigenvalue weighted by Crippen LogP contribution is 2.28. The summed E-state index contributed by atoms with van der Waals surface area (Å²) in [5.41, 5.74) is 3.96. The Balaban J connectivity index is 2.28. The molecule has 1 unspecified atom stereocenters. The molecule has 0 amide bonds.